The molecule has 0 spiro atoms. The summed E-state index contributed by atoms with van der Waals surface area (Å²) in [5.74, 6) is 2.47. The van der Waals surface area contributed by atoms with Gasteiger partial charge in [0.15, 0.2) is 5.82 Å². The third-order valence-electron chi connectivity index (χ3n) is 3.93. The van der Waals surface area contributed by atoms with E-state index >= 15 is 0 Å². The van der Waals surface area contributed by atoms with Crippen molar-refractivity contribution in [2.45, 2.75) is 6.92 Å². The van der Waals surface area contributed by atoms with Crippen LogP contribution in [0, 0.1) is 0 Å². The van der Waals surface area contributed by atoms with E-state index in [2.05, 4.69) is 20.1 Å². The maximum absolute atomic E-state index is 5.49. The molecule has 3 rings (SSSR count). The fourth-order valence-corrected chi connectivity index (χ4v) is 2.69. The van der Waals surface area contributed by atoms with Crippen molar-refractivity contribution in [2.75, 3.05) is 38.2 Å². The molecule has 134 valence electrons. The number of fused-ring (bicyclic) bond motifs is 1. The predicted molar refractivity (Wildman–Crippen MR) is 106 cm³/mol. The predicted octanol–water partition coefficient (Wildman–Crippen LogP) is 3.21. The topological polar surface area (TPSA) is 66.7 Å². The molecule has 0 saturated heterocycles. The number of nitrogens with zero attached hydrogens (tertiary/aromatic N) is 6. The quantitative estimate of drug-likeness (QED) is 0.520. The molecule has 1 aromatic heterocycles. The molecule has 0 radical (unpaired) electrons. The lowest BCUT2D eigenvalue weighted by molar-refractivity contribution is 0.420. The van der Waals surface area contributed by atoms with Crippen LogP contribution in [-0.2, 0) is 0 Å². The van der Waals surface area contributed by atoms with Crippen molar-refractivity contribution >= 4 is 28.9 Å². The van der Waals surface area contributed by atoms with Crippen LogP contribution in [0.2, 0.25) is 0 Å². The number of rotatable bonds is 5. The number of hydrazone groups is 1. The summed E-state index contributed by atoms with van der Waals surface area (Å²) in [6.07, 6.45) is 1.70. The molecule has 0 unspecified atom stereocenters. The molecule has 0 atom stereocenters. The highest BCUT2D eigenvalue weighted by Crippen LogP contribution is 2.33. The monoisotopic (exact) mass is 350 g/mol. The molecule has 0 fully saturated rings. The molecule has 0 aliphatic carbocycles. The molecule has 3 aromatic rings. The van der Waals surface area contributed by atoms with Crippen molar-refractivity contribution < 1.29 is 4.74 Å². The second-order valence-electron chi connectivity index (χ2n) is 5.91. The summed E-state index contributed by atoms with van der Waals surface area (Å²) < 4.78 is 5.49. The summed E-state index contributed by atoms with van der Waals surface area (Å²) in [6.45, 7) is 1.85. The Kier molecular flexibility index (Phi) is 4.97. The number of aromatic nitrogens is 3. The Bertz CT molecular complexity index is 954. The van der Waals surface area contributed by atoms with Gasteiger partial charge in [-0.3, -0.25) is 0 Å². The van der Waals surface area contributed by atoms with Crippen molar-refractivity contribution in [3.63, 3.8) is 0 Å². The van der Waals surface area contributed by atoms with Crippen LogP contribution in [0.15, 0.2) is 41.5 Å². The normalized spacial score (nSPS) is 11.1. The van der Waals surface area contributed by atoms with Gasteiger partial charge in [0.2, 0.25) is 5.95 Å². The van der Waals surface area contributed by atoms with Crippen molar-refractivity contribution in [2.24, 2.45) is 5.10 Å². The number of methoxy groups -OCH3 is 1. The van der Waals surface area contributed by atoms with Gasteiger partial charge in [0.1, 0.15) is 5.75 Å². The van der Waals surface area contributed by atoms with Gasteiger partial charge >= 0.3 is 0 Å². The van der Waals surface area contributed by atoms with E-state index in [1.807, 2.05) is 69.4 Å². The van der Waals surface area contributed by atoms with E-state index in [1.165, 1.54) is 0 Å². The van der Waals surface area contributed by atoms with E-state index in [-0.39, 0.29) is 0 Å². The Morgan fingerprint density at radius 3 is 2.27 bits per heavy atom. The molecular formula is C19H22N6O. The smallest absolute Gasteiger partial charge is 0.251 e. The summed E-state index contributed by atoms with van der Waals surface area (Å²) in [4.78, 5) is 15.6. The minimum absolute atomic E-state index is 0.483. The third kappa shape index (κ3) is 3.28. The Morgan fingerprint density at radius 2 is 1.62 bits per heavy atom. The molecule has 7 heteroatoms. The van der Waals surface area contributed by atoms with Crippen LogP contribution in [0.5, 0.6) is 5.75 Å². The summed E-state index contributed by atoms with van der Waals surface area (Å²) >= 11 is 0. The Morgan fingerprint density at radius 1 is 0.923 bits per heavy atom. The third-order valence-corrected chi connectivity index (χ3v) is 3.93. The summed E-state index contributed by atoms with van der Waals surface area (Å²) in [7, 11) is 7.28. The van der Waals surface area contributed by atoms with E-state index in [9.17, 15) is 0 Å². The number of hydrogen-bond acceptors (Lipinski definition) is 7. The summed E-state index contributed by atoms with van der Waals surface area (Å²) in [6, 6.07) is 12.0. The lowest BCUT2D eigenvalue weighted by Crippen LogP contribution is -2.19. The van der Waals surface area contributed by atoms with Crippen molar-refractivity contribution in [3.8, 4) is 17.1 Å². The van der Waals surface area contributed by atoms with Crippen LogP contribution in [0.3, 0.4) is 0 Å². The van der Waals surface area contributed by atoms with Gasteiger partial charge < -0.3 is 9.64 Å². The number of anilines is 2. The van der Waals surface area contributed by atoms with Crippen molar-refractivity contribution in [1.82, 2.24) is 15.0 Å². The molecule has 0 N–H and O–H groups in total. The van der Waals surface area contributed by atoms with Crippen molar-refractivity contribution in [1.29, 1.82) is 0 Å². The molecule has 1 heterocycles. The molecule has 2 aromatic carbocycles. The molecule has 0 aliphatic rings. The maximum atomic E-state index is 5.49. The molecule has 0 saturated carbocycles. The first-order valence-corrected chi connectivity index (χ1v) is 8.27. The van der Waals surface area contributed by atoms with Gasteiger partial charge in [-0.25, -0.2) is 5.01 Å². The van der Waals surface area contributed by atoms with Crippen LogP contribution in [0.25, 0.3) is 22.2 Å². The molecule has 7 nitrogen and oxygen atoms in total. The highest BCUT2D eigenvalue weighted by Gasteiger charge is 2.15. The zero-order valence-corrected chi connectivity index (χ0v) is 15.6. The fourth-order valence-electron chi connectivity index (χ4n) is 2.69. The summed E-state index contributed by atoms with van der Waals surface area (Å²) in [5.41, 5.74) is 0.919. The summed E-state index contributed by atoms with van der Waals surface area (Å²) in [5, 5.41) is 7.90. The number of benzene rings is 2. The van der Waals surface area contributed by atoms with Crippen LogP contribution in [0.4, 0.5) is 11.9 Å². The van der Waals surface area contributed by atoms with Crippen LogP contribution < -0.4 is 14.6 Å². The van der Waals surface area contributed by atoms with E-state index in [4.69, 9.17) is 4.74 Å². The van der Waals surface area contributed by atoms with E-state index in [1.54, 1.807) is 18.3 Å². The number of hydrogen-bond donors (Lipinski definition) is 0. The fraction of sp³-hybridized carbons (Fsp3) is 0.263. The van der Waals surface area contributed by atoms with E-state index in [0.29, 0.717) is 17.7 Å². The molecule has 26 heavy (non-hydrogen) atoms. The Labute approximate surface area is 153 Å². The van der Waals surface area contributed by atoms with Gasteiger partial charge in [-0.15, -0.1) is 0 Å². The second kappa shape index (κ2) is 7.35. The van der Waals surface area contributed by atoms with Gasteiger partial charge in [-0.1, -0.05) is 24.3 Å². The zero-order chi connectivity index (χ0) is 18.7. The first kappa shape index (κ1) is 17.6. The molecular weight excluding hydrogens is 328 g/mol. The highest BCUT2D eigenvalue weighted by atomic mass is 16.5. The van der Waals surface area contributed by atoms with E-state index < -0.39 is 0 Å². The minimum Gasteiger partial charge on any atom is -0.496 e. The maximum Gasteiger partial charge on any atom is 0.251 e. The van der Waals surface area contributed by atoms with Gasteiger partial charge in [-0.05, 0) is 24.4 Å². The SMILES string of the molecule is C/C=N/N(C)c1nc(-c2ccc(OC)c3ccccc23)nc(N(C)C)n1. The first-order valence-electron chi connectivity index (χ1n) is 8.27. The van der Waals surface area contributed by atoms with Gasteiger partial charge in [0.25, 0.3) is 5.95 Å². The lowest BCUT2D eigenvalue weighted by atomic mass is 10.0. The van der Waals surface area contributed by atoms with Gasteiger partial charge in [0, 0.05) is 38.3 Å². The average molecular weight is 350 g/mol. The van der Waals surface area contributed by atoms with E-state index in [0.717, 1.165) is 22.1 Å². The Hall–Kier alpha value is -3.22. The van der Waals surface area contributed by atoms with Crippen LogP contribution in [0.1, 0.15) is 6.92 Å². The van der Waals surface area contributed by atoms with Crippen molar-refractivity contribution in [3.05, 3.63) is 36.4 Å². The zero-order valence-electron chi connectivity index (χ0n) is 15.6. The first-order chi connectivity index (χ1) is 12.5. The van der Waals surface area contributed by atoms with Gasteiger partial charge in [0.05, 0.1) is 7.11 Å². The number of ether oxygens (including phenoxy) is 1. The lowest BCUT2D eigenvalue weighted by Gasteiger charge is -2.17. The largest absolute Gasteiger partial charge is 0.496 e. The second-order valence-corrected chi connectivity index (χ2v) is 5.91. The molecule has 0 bridgehead atoms. The standard InChI is InChI=1S/C19H22N6O/c1-6-20-25(4)19-22-17(21-18(23-19)24(2)3)15-11-12-16(26-5)14-10-8-7-9-13(14)15/h6-12H,1-5H3/b20-6+. The van der Waals surface area contributed by atoms with Crippen LogP contribution >= 0.6 is 0 Å². The van der Waals surface area contributed by atoms with Gasteiger partial charge in [-0.2, -0.15) is 20.1 Å². The van der Waals surface area contributed by atoms with Crippen LogP contribution in [-0.4, -0.2) is 49.4 Å². The Balaban J connectivity index is 2.25. The minimum atomic E-state index is 0.483. The highest BCUT2D eigenvalue weighted by molar-refractivity contribution is 5.99. The molecule has 0 aliphatic heterocycles. The molecule has 0 amide bonds. The average Bonchev–Trinajstić information content (AvgIpc) is 2.66.